The highest BCUT2D eigenvalue weighted by Gasteiger charge is 2.25. The predicted molar refractivity (Wildman–Crippen MR) is 150 cm³/mol. The topological polar surface area (TPSA) is 52.7 Å². The van der Waals surface area contributed by atoms with E-state index in [9.17, 15) is 9.59 Å². The summed E-state index contributed by atoms with van der Waals surface area (Å²) in [6, 6.07) is 36.8. The molecule has 1 N–H and O–H groups in total. The summed E-state index contributed by atoms with van der Waals surface area (Å²) in [7, 11) is 0. The first-order valence-corrected chi connectivity index (χ1v) is 12.5. The van der Waals surface area contributed by atoms with Crippen molar-refractivity contribution in [2.24, 2.45) is 0 Å². The molecule has 0 spiro atoms. The quantitative estimate of drug-likeness (QED) is 0.275. The minimum absolute atomic E-state index is 0.0723. The first-order chi connectivity index (χ1) is 18.2. The zero-order chi connectivity index (χ0) is 25.5. The molecule has 0 unspecified atom stereocenters. The highest BCUT2D eigenvalue weighted by atomic mass is 16.2. The summed E-state index contributed by atoms with van der Waals surface area (Å²) >= 11 is 0. The maximum Gasteiger partial charge on any atom is 0.256 e. The average molecular weight is 488 g/mol. The van der Waals surface area contributed by atoms with Gasteiger partial charge >= 0.3 is 0 Å². The van der Waals surface area contributed by atoms with Gasteiger partial charge in [-0.3, -0.25) is 9.59 Å². The molecule has 4 aromatic rings. The summed E-state index contributed by atoms with van der Waals surface area (Å²) in [4.78, 5) is 31.2. The number of hydrogen-bond donors (Lipinski definition) is 1. The molecule has 1 aliphatic rings. The van der Waals surface area contributed by atoms with Gasteiger partial charge in [-0.25, -0.2) is 0 Å². The summed E-state index contributed by atoms with van der Waals surface area (Å²) in [6.07, 6.45) is 1.87. The molecule has 1 saturated heterocycles. The van der Waals surface area contributed by atoms with Gasteiger partial charge in [0.25, 0.3) is 11.8 Å². The number of nitrogens with one attached hydrogen (secondary N) is 1. The van der Waals surface area contributed by atoms with Gasteiger partial charge in [-0.2, -0.15) is 0 Å². The van der Waals surface area contributed by atoms with E-state index in [1.807, 2.05) is 102 Å². The number of piperazine rings is 1. The van der Waals surface area contributed by atoms with Crippen molar-refractivity contribution in [1.29, 1.82) is 0 Å². The van der Waals surface area contributed by atoms with Crippen molar-refractivity contribution in [3.63, 3.8) is 0 Å². The molecular weight excluding hydrogens is 458 g/mol. The molecule has 1 fully saturated rings. The minimum atomic E-state index is -0.260. The first kappa shape index (κ1) is 24.1. The fourth-order valence-corrected chi connectivity index (χ4v) is 4.56. The molecule has 1 heterocycles. The Morgan fingerprint density at radius 3 is 1.89 bits per heavy atom. The van der Waals surface area contributed by atoms with Crippen LogP contribution in [0.2, 0.25) is 0 Å². The van der Waals surface area contributed by atoms with Gasteiger partial charge in [-0.15, -0.1) is 0 Å². The lowest BCUT2D eigenvalue weighted by Gasteiger charge is -2.36. The van der Waals surface area contributed by atoms with Gasteiger partial charge in [0.15, 0.2) is 0 Å². The van der Waals surface area contributed by atoms with Crippen LogP contribution in [-0.4, -0.2) is 42.9 Å². The zero-order valence-corrected chi connectivity index (χ0v) is 20.6. The number of hydrogen-bond acceptors (Lipinski definition) is 3. The average Bonchev–Trinajstić information content (AvgIpc) is 2.97. The second kappa shape index (κ2) is 11.4. The van der Waals surface area contributed by atoms with E-state index < -0.39 is 0 Å². The van der Waals surface area contributed by atoms with Crippen LogP contribution in [0.25, 0.3) is 11.6 Å². The Morgan fingerprint density at radius 2 is 1.22 bits per heavy atom. The molecular formula is C32H29N3O2. The summed E-state index contributed by atoms with van der Waals surface area (Å²) < 4.78 is 0. The third-order valence-corrected chi connectivity index (χ3v) is 6.53. The maximum absolute atomic E-state index is 13.6. The summed E-state index contributed by atoms with van der Waals surface area (Å²) in [5.74, 6) is -0.332. The van der Waals surface area contributed by atoms with Crippen molar-refractivity contribution in [3.8, 4) is 0 Å². The Balaban J connectivity index is 1.35. The van der Waals surface area contributed by atoms with E-state index in [0.29, 0.717) is 29.9 Å². The molecule has 5 nitrogen and oxygen atoms in total. The molecule has 4 aromatic carbocycles. The van der Waals surface area contributed by atoms with E-state index in [1.165, 1.54) is 5.69 Å². The lowest BCUT2D eigenvalue weighted by atomic mass is 10.0. The van der Waals surface area contributed by atoms with Gasteiger partial charge < -0.3 is 15.1 Å². The number of amides is 2. The number of nitrogens with zero attached hydrogens (tertiary/aromatic N) is 2. The fraction of sp³-hybridized carbons (Fsp3) is 0.125. The number of carbonyl (C=O) groups is 2. The molecule has 0 atom stereocenters. The Hall–Kier alpha value is -4.64. The largest absolute Gasteiger partial charge is 0.368 e. The van der Waals surface area contributed by atoms with E-state index in [4.69, 9.17) is 0 Å². The standard InChI is InChI=1S/C32H29N3O2/c36-31(29(26-14-6-2-7-15-26)24-25-12-4-1-5-13-25)33-30-19-11-10-18-28(30)32(37)35-22-20-34(21-23-35)27-16-8-3-9-17-27/h1-19,24H,20-23H2,(H,33,36)/b29-24+. The van der Waals surface area contributed by atoms with Crippen LogP contribution < -0.4 is 10.2 Å². The molecule has 37 heavy (non-hydrogen) atoms. The number of benzene rings is 4. The smallest absolute Gasteiger partial charge is 0.256 e. The van der Waals surface area contributed by atoms with Crippen molar-refractivity contribution in [2.75, 3.05) is 36.4 Å². The highest BCUT2D eigenvalue weighted by Crippen LogP contribution is 2.24. The first-order valence-electron chi connectivity index (χ1n) is 12.5. The van der Waals surface area contributed by atoms with Crippen LogP contribution in [0.4, 0.5) is 11.4 Å². The van der Waals surface area contributed by atoms with Crippen LogP contribution >= 0.6 is 0 Å². The molecule has 0 radical (unpaired) electrons. The lowest BCUT2D eigenvalue weighted by molar-refractivity contribution is -0.111. The molecule has 0 aliphatic carbocycles. The van der Waals surface area contributed by atoms with Crippen molar-refractivity contribution >= 4 is 34.8 Å². The Bertz CT molecular complexity index is 1380. The van der Waals surface area contributed by atoms with E-state index in [1.54, 1.807) is 12.1 Å². The predicted octanol–water partition coefficient (Wildman–Crippen LogP) is 5.83. The SMILES string of the molecule is O=C(Nc1ccccc1C(=O)N1CCN(c2ccccc2)CC1)/C(=C/c1ccccc1)c1ccccc1. The number of carbonyl (C=O) groups excluding carboxylic acids is 2. The van der Waals surface area contributed by atoms with Crippen LogP contribution in [0.3, 0.4) is 0 Å². The number of para-hydroxylation sites is 2. The van der Waals surface area contributed by atoms with Crippen LogP contribution in [0.1, 0.15) is 21.5 Å². The Morgan fingerprint density at radius 1 is 0.649 bits per heavy atom. The molecule has 5 rings (SSSR count). The van der Waals surface area contributed by atoms with Crippen molar-refractivity contribution in [1.82, 2.24) is 4.90 Å². The van der Waals surface area contributed by atoms with Crippen molar-refractivity contribution in [2.45, 2.75) is 0 Å². The monoisotopic (exact) mass is 487 g/mol. The molecule has 5 heteroatoms. The van der Waals surface area contributed by atoms with Crippen molar-refractivity contribution in [3.05, 3.63) is 132 Å². The molecule has 2 amide bonds. The molecule has 0 saturated carbocycles. The Kier molecular flexibility index (Phi) is 7.42. The van der Waals surface area contributed by atoms with Gasteiger partial charge in [0.2, 0.25) is 0 Å². The second-order valence-electron chi connectivity index (χ2n) is 8.95. The van der Waals surface area contributed by atoms with Gasteiger partial charge in [0.1, 0.15) is 0 Å². The second-order valence-corrected chi connectivity index (χ2v) is 8.95. The zero-order valence-electron chi connectivity index (χ0n) is 20.6. The van der Waals surface area contributed by atoms with Crippen LogP contribution in [0.15, 0.2) is 115 Å². The van der Waals surface area contributed by atoms with Gasteiger partial charge in [-0.1, -0.05) is 91.0 Å². The van der Waals surface area contributed by atoms with E-state index in [-0.39, 0.29) is 11.8 Å². The van der Waals surface area contributed by atoms with E-state index >= 15 is 0 Å². The molecule has 0 bridgehead atoms. The third kappa shape index (κ3) is 5.78. The molecule has 0 aromatic heterocycles. The van der Waals surface area contributed by atoms with E-state index in [2.05, 4.69) is 22.3 Å². The normalized spacial score (nSPS) is 13.8. The summed E-state index contributed by atoms with van der Waals surface area (Å²) in [6.45, 7) is 2.78. The fourth-order valence-electron chi connectivity index (χ4n) is 4.56. The van der Waals surface area contributed by atoms with E-state index in [0.717, 1.165) is 24.2 Å². The Labute approximate surface area is 217 Å². The van der Waals surface area contributed by atoms with Crippen molar-refractivity contribution < 1.29 is 9.59 Å². The van der Waals surface area contributed by atoms with Crippen LogP contribution in [0.5, 0.6) is 0 Å². The third-order valence-electron chi connectivity index (χ3n) is 6.53. The molecule has 184 valence electrons. The van der Waals surface area contributed by atoms with Crippen LogP contribution in [0, 0.1) is 0 Å². The van der Waals surface area contributed by atoms with Gasteiger partial charge in [-0.05, 0) is 41.5 Å². The summed E-state index contributed by atoms with van der Waals surface area (Å²) in [5, 5.41) is 3.02. The molecule has 1 aliphatic heterocycles. The van der Waals surface area contributed by atoms with Crippen LogP contribution in [-0.2, 0) is 4.79 Å². The highest BCUT2D eigenvalue weighted by molar-refractivity contribution is 6.29. The lowest BCUT2D eigenvalue weighted by Crippen LogP contribution is -2.48. The van der Waals surface area contributed by atoms with Gasteiger partial charge in [0, 0.05) is 37.4 Å². The number of rotatable bonds is 6. The van der Waals surface area contributed by atoms with Gasteiger partial charge in [0.05, 0.1) is 11.3 Å². The maximum atomic E-state index is 13.6. The summed E-state index contributed by atoms with van der Waals surface area (Å²) in [5.41, 5.74) is 4.45. The minimum Gasteiger partial charge on any atom is -0.368 e. The number of anilines is 2.